The van der Waals surface area contributed by atoms with Crippen molar-refractivity contribution in [3.05, 3.63) is 161 Å². The molecule has 0 amide bonds. The summed E-state index contributed by atoms with van der Waals surface area (Å²) in [6.45, 7) is 6.78. The van der Waals surface area contributed by atoms with Crippen LogP contribution in [0.4, 0.5) is 17.1 Å². The summed E-state index contributed by atoms with van der Waals surface area (Å²) in [6.07, 6.45) is 0. The largest absolute Gasteiger partial charge is 0.309 e. The van der Waals surface area contributed by atoms with E-state index in [9.17, 15) is 0 Å². The van der Waals surface area contributed by atoms with Crippen molar-refractivity contribution < 1.29 is 0 Å². The molecule has 6 aromatic rings. The standard InChI is InChI=1S/C40H33Cl2NS/c1-40(2,3)30-23-34(27-36(24-30)44-35-20-11-18-32(42)26-35)43(33-19-10-17-31(41)25-33)39-37(28-13-6-4-7-14-28)21-12-22-38(39)29-15-8-5-9-16-29/h4-27H,1-3H3. The van der Waals surface area contributed by atoms with Gasteiger partial charge in [-0.1, -0.05) is 147 Å². The SMILES string of the molecule is CC(C)(C)c1cc(Sc2cccc(Cl)c2)cc(N(c2cccc(Cl)c2)c2c(-c3ccccc3)cccc2-c2ccccc2)c1. The molecule has 4 heteroatoms. The summed E-state index contributed by atoms with van der Waals surface area (Å²) in [5.41, 5.74) is 8.87. The quantitative estimate of drug-likeness (QED) is 0.173. The number of halogens is 2. The molecule has 218 valence electrons. The van der Waals surface area contributed by atoms with Crippen LogP contribution in [0.5, 0.6) is 0 Å². The van der Waals surface area contributed by atoms with Gasteiger partial charge >= 0.3 is 0 Å². The topological polar surface area (TPSA) is 3.24 Å². The van der Waals surface area contributed by atoms with Crippen LogP contribution in [0.2, 0.25) is 10.0 Å². The molecule has 0 saturated carbocycles. The molecule has 0 heterocycles. The van der Waals surface area contributed by atoms with Crippen LogP contribution in [0.25, 0.3) is 22.3 Å². The number of para-hydroxylation sites is 1. The minimum Gasteiger partial charge on any atom is -0.309 e. The molecule has 0 fully saturated rings. The van der Waals surface area contributed by atoms with Crippen molar-refractivity contribution in [2.24, 2.45) is 0 Å². The zero-order valence-corrected chi connectivity index (χ0v) is 27.3. The Morgan fingerprint density at radius 1 is 0.500 bits per heavy atom. The third-order valence-corrected chi connectivity index (χ3v) is 8.97. The second kappa shape index (κ2) is 13.0. The molecule has 0 bridgehead atoms. The molecule has 0 spiro atoms. The van der Waals surface area contributed by atoms with Crippen LogP contribution in [0.3, 0.4) is 0 Å². The third-order valence-electron chi connectivity index (χ3n) is 7.54. The molecule has 1 nitrogen and oxygen atoms in total. The molecular weight excluding hydrogens is 597 g/mol. The van der Waals surface area contributed by atoms with Gasteiger partial charge in [-0.15, -0.1) is 0 Å². The van der Waals surface area contributed by atoms with Crippen LogP contribution in [-0.2, 0) is 5.41 Å². The summed E-state index contributed by atoms with van der Waals surface area (Å²) in [4.78, 5) is 4.60. The number of anilines is 3. The van der Waals surface area contributed by atoms with Crippen molar-refractivity contribution in [1.82, 2.24) is 0 Å². The highest BCUT2D eigenvalue weighted by atomic mass is 35.5. The maximum atomic E-state index is 6.69. The molecule has 0 saturated heterocycles. The van der Waals surface area contributed by atoms with Gasteiger partial charge < -0.3 is 4.90 Å². The molecule has 44 heavy (non-hydrogen) atoms. The first-order valence-corrected chi connectivity index (χ1v) is 16.2. The number of nitrogens with zero attached hydrogens (tertiary/aromatic N) is 1. The van der Waals surface area contributed by atoms with Gasteiger partial charge in [-0.3, -0.25) is 0 Å². The number of hydrogen-bond acceptors (Lipinski definition) is 2. The Labute approximate surface area is 275 Å². The second-order valence-electron chi connectivity index (χ2n) is 11.8. The predicted octanol–water partition coefficient (Wildman–Crippen LogP) is 13.2. The minimum absolute atomic E-state index is 0.0825. The van der Waals surface area contributed by atoms with E-state index in [0.29, 0.717) is 5.02 Å². The van der Waals surface area contributed by atoms with Crippen molar-refractivity contribution in [1.29, 1.82) is 0 Å². The van der Waals surface area contributed by atoms with Crippen LogP contribution >= 0.6 is 35.0 Å². The number of benzene rings is 6. The lowest BCUT2D eigenvalue weighted by Crippen LogP contribution is -2.16. The van der Waals surface area contributed by atoms with Gasteiger partial charge in [0, 0.05) is 42.3 Å². The van der Waals surface area contributed by atoms with Gasteiger partial charge in [0.2, 0.25) is 0 Å². The van der Waals surface area contributed by atoms with Gasteiger partial charge in [0.1, 0.15) is 0 Å². The van der Waals surface area contributed by atoms with E-state index < -0.39 is 0 Å². The number of hydrogen-bond donors (Lipinski definition) is 0. The van der Waals surface area contributed by atoms with Crippen molar-refractivity contribution in [2.45, 2.75) is 36.0 Å². The smallest absolute Gasteiger partial charge is 0.0618 e. The summed E-state index contributed by atoms with van der Waals surface area (Å²) < 4.78 is 0. The monoisotopic (exact) mass is 629 g/mol. The van der Waals surface area contributed by atoms with E-state index in [1.54, 1.807) is 11.8 Å². The Hall–Kier alpha value is -3.95. The van der Waals surface area contributed by atoms with Gasteiger partial charge in [-0.25, -0.2) is 0 Å². The van der Waals surface area contributed by atoms with E-state index in [1.165, 1.54) is 5.56 Å². The van der Waals surface area contributed by atoms with E-state index in [0.717, 1.165) is 54.1 Å². The molecule has 0 aliphatic carbocycles. The molecule has 6 aromatic carbocycles. The highest BCUT2D eigenvalue weighted by Crippen LogP contribution is 2.48. The minimum atomic E-state index is -0.0825. The lowest BCUT2D eigenvalue weighted by atomic mass is 9.86. The maximum Gasteiger partial charge on any atom is 0.0618 e. The van der Waals surface area contributed by atoms with Crippen LogP contribution < -0.4 is 4.90 Å². The van der Waals surface area contributed by atoms with Gasteiger partial charge in [0.25, 0.3) is 0 Å². The summed E-state index contributed by atoms with van der Waals surface area (Å²) in [6, 6.07) is 50.8. The Kier molecular flexibility index (Phi) is 8.86. The van der Waals surface area contributed by atoms with Gasteiger partial charge in [-0.05, 0) is 76.7 Å². The second-order valence-corrected chi connectivity index (χ2v) is 13.8. The lowest BCUT2D eigenvalue weighted by molar-refractivity contribution is 0.589. The summed E-state index contributed by atoms with van der Waals surface area (Å²) >= 11 is 14.8. The predicted molar refractivity (Wildman–Crippen MR) is 191 cm³/mol. The first-order valence-electron chi connectivity index (χ1n) is 14.6. The van der Waals surface area contributed by atoms with E-state index in [4.69, 9.17) is 23.2 Å². The Balaban J connectivity index is 1.67. The summed E-state index contributed by atoms with van der Waals surface area (Å²) in [5.74, 6) is 0. The molecule has 0 aliphatic heterocycles. The van der Waals surface area contributed by atoms with Crippen LogP contribution in [0.15, 0.2) is 155 Å². The van der Waals surface area contributed by atoms with E-state index in [1.807, 2.05) is 36.4 Å². The summed E-state index contributed by atoms with van der Waals surface area (Å²) in [5, 5.41) is 1.42. The van der Waals surface area contributed by atoms with E-state index in [2.05, 4.69) is 135 Å². The van der Waals surface area contributed by atoms with Crippen molar-refractivity contribution in [3.8, 4) is 22.3 Å². The first-order chi connectivity index (χ1) is 21.3. The fourth-order valence-corrected chi connectivity index (χ4v) is 6.79. The van der Waals surface area contributed by atoms with Gasteiger partial charge in [0.15, 0.2) is 0 Å². The molecule has 0 N–H and O–H groups in total. The van der Waals surface area contributed by atoms with E-state index >= 15 is 0 Å². The average Bonchev–Trinajstić information content (AvgIpc) is 3.02. The van der Waals surface area contributed by atoms with Gasteiger partial charge in [-0.2, -0.15) is 0 Å². The highest BCUT2D eigenvalue weighted by molar-refractivity contribution is 7.99. The average molecular weight is 631 g/mol. The zero-order valence-electron chi connectivity index (χ0n) is 25.0. The van der Waals surface area contributed by atoms with Crippen molar-refractivity contribution >= 4 is 52.0 Å². The van der Waals surface area contributed by atoms with Crippen LogP contribution in [-0.4, -0.2) is 0 Å². The van der Waals surface area contributed by atoms with Crippen LogP contribution in [0.1, 0.15) is 26.3 Å². The molecule has 0 atom stereocenters. The highest BCUT2D eigenvalue weighted by Gasteiger charge is 2.24. The molecule has 6 rings (SSSR count). The Bertz CT molecular complexity index is 1840. The number of rotatable bonds is 7. The first kappa shape index (κ1) is 30.1. The Morgan fingerprint density at radius 2 is 1.07 bits per heavy atom. The summed E-state index contributed by atoms with van der Waals surface area (Å²) in [7, 11) is 0. The normalized spacial score (nSPS) is 11.4. The van der Waals surface area contributed by atoms with Crippen LogP contribution in [0, 0.1) is 0 Å². The molecule has 0 aromatic heterocycles. The zero-order chi connectivity index (χ0) is 30.7. The lowest BCUT2D eigenvalue weighted by Gasteiger charge is -2.32. The fraction of sp³-hybridized carbons (Fsp3) is 0.100. The van der Waals surface area contributed by atoms with Crippen molar-refractivity contribution in [3.63, 3.8) is 0 Å². The molecule has 0 radical (unpaired) electrons. The molecular formula is C40H33Cl2NS. The Morgan fingerprint density at radius 3 is 1.64 bits per heavy atom. The van der Waals surface area contributed by atoms with Gasteiger partial charge in [0.05, 0.1) is 5.69 Å². The molecule has 0 aliphatic rings. The maximum absolute atomic E-state index is 6.69. The fourth-order valence-electron chi connectivity index (χ4n) is 5.38. The van der Waals surface area contributed by atoms with E-state index in [-0.39, 0.29) is 5.41 Å². The van der Waals surface area contributed by atoms with Crippen molar-refractivity contribution in [2.75, 3.05) is 4.90 Å². The third kappa shape index (κ3) is 6.74. The molecule has 0 unspecified atom stereocenters.